The van der Waals surface area contributed by atoms with Crippen LogP contribution in [0.25, 0.3) is 11.0 Å². The molecule has 0 spiro atoms. The van der Waals surface area contributed by atoms with Crippen molar-refractivity contribution in [2.24, 2.45) is 0 Å². The third-order valence-corrected chi connectivity index (χ3v) is 7.10. The topological polar surface area (TPSA) is 128 Å². The van der Waals surface area contributed by atoms with Crippen molar-refractivity contribution in [3.63, 3.8) is 0 Å². The van der Waals surface area contributed by atoms with Gasteiger partial charge in [-0.05, 0) is 54.8 Å². The van der Waals surface area contributed by atoms with Gasteiger partial charge in [-0.2, -0.15) is 18.3 Å². The lowest BCUT2D eigenvalue weighted by atomic mass is 10.1. The van der Waals surface area contributed by atoms with Crippen LogP contribution in [0.15, 0.2) is 55.4 Å². The van der Waals surface area contributed by atoms with Crippen molar-refractivity contribution in [2.75, 3.05) is 31.2 Å². The van der Waals surface area contributed by atoms with Crippen LogP contribution in [-0.2, 0) is 11.0 Å². The molecule has 10 nitrogen and oxygen atoms in total. The van der Waals surface area contributed by atoms with E-state index in [0.29, 0.717) is 41.9 Å². The average molecular weight is 610 g/mol. The second-order valence-corrected chi connectivity index (χ2v) is 9.94. The Morgan fingerprint density at radius 2 is 2.00 bits per heavy atom. The van der Waals surface area contributed by atoms with Crippen LogP contribution < -0.4 is 15.8 Å². The number of anilines is 2. The molecule has 14 heteroatoms. The van der Waals surface area contributed by atoms with Crippen molar-refractivity contribution in [3.8, 4) is 17.6 Å². The van der Waals surface area contributed by atoms with E-state index in [0.717, 1.165) is 12.1 Å². The summed E-state index contributed by atoms with van der Waals surface area (Å²) in [4.78, 5) is 35.2. The van der Waals surface area contributed by atoms with Crippen molar-refractivity contribution in [1.29, 1.82) is 0 Å². The molecule has 1 fully saturated rings. The van der Waals surface area contributed by atoms with Crippen LogP contribution in [0.5, 0.6) is 5.75 Å². The van der Waals surface area contributed by atoms with Crippen LogP contribution in [0.3, 0.4) is 0 Å². The van der Waals surface area contributed by atoms with Gasteiger partial charge in [0.2, 0.25) is 5.91 Å². The Morgan fingerprint density at radius 3 is 2.72 bits per heavy atom. The van der Waals surface area contributed by atoms with E-state index in [1.807, 2.05) is 0 Å². The number of amides is 2. The Kier molecular flexibility index (Phi) is 7.97. The van der Waals surface area contributed by atoms with Crippen LogP contribution >= 0.6 is 11.6 Å². The van der Waals surface area contributed by atoms with Gasteiger partial charge in [-0.3, -0.25) is 9.59 Å². The summed E-state index contributed by atoms with van der Waals surface area (Å²) in [5.74, 6) is 5.51. The second kappa shape index (κ2) is 11.7. The Balaban J connectivity index is 1.47. The first kappa shape index (κ1) is 29.4. The highest BCUT2D eigenvalue weighted by molar-refractivity contribution is 6.31. The third-order valence-electron chi connectivity index (χ3n) is 6.77. The minimum absolute atomic E-state index is 0.0864. The predicted octanol–water partition coefficient (Wildman–Crippen LogP) is 4.70. The number of nitrogens with two attached hydrogens (primary N) is 1. The molecular weight excluding hydrogens is 587 g/mol. The van der Waals surface area contributed by atoms with Crippen molar-refractivity contribution in [1.82, 2.24) is 24.6 Å². The molecule has 5 rings (SSSR count). The van der Waals surface area contributed by atoms with Gasteiger partial charge in [-0.15, -0.1) is 0 Å². The zero-order valence-electron chi connectivity index (χ0n) is 22.6. The molecule has 1 unspecified atom stereocenters. The SMILES string of the molecule is C=CC(=O)N1CCC(n2nc(C#Cc3cc(OC)cc(C(=O)Nc4ccc(Cl)c(C(F)(F)F)c4)c3)c3c(N)ncnc32)C1. The molecule has 0 radical (unpaired) electrons. The summed E-state index contributed by atoms with van der Waals surface area (Å²) in [5.41, 5.74) is 6.19. The van der Waals surface area contributed by atoms with E-state index in [-0.39, 0.29) is 34.7 Å². The third kappa shape index (κ3) is 6.09. The maximum Gasteiger partial charge on any atom is 0.417 e. The monoisotopic (exact) mass is 609 g/mol. The molecule has 3 N–H and O–H groups in total. The lowest BCUT2D eigenvalue weighted by molar-refractivity contribution is -0.137. The number of benzene rings is 2. The number of nitrogen functional groups attached to an aromatic ring is 1. The molecule has 0 bridgehead atoms. The summed E-state index contributed by atoms with van der Waals surface area (Å²) in [6.45, 7) is 4.47. The average Bonchev–Trinajstić information content (AvgIpc) is 3.62. The number of hydrogen-bond donors (Lipinski definition) is 2. The number of fused-ring (bicyclic) bond motifs is 1. The van der Waals surface area contributed by atoms with E-state index < -0.39 is 22.7 Å². The summed E-state index contributed by atoms with van der Waals surface area (Å²) >= 11 is 5.68. The van der Waals surface area contributed by atoms with Crippen LogP contribution in [0, 0.1) is 11.8 Å². The van der Waals surface area contributed by atoms with E-state index in [1.165, 1.54) is 37.7 Å². The van der Waals surface area contributed by atoms with Gasteiger partial charge >= 0.3 is 6.18 Å². The second-order valence-electron chi connectivity index (χ2n) is 9.53. The summed E-state index contributed by atoms with van der Waals surface area (Å²) in [6, 6.07) is 7.37. The van der Waals surface area contributed by atoms with E-state index in [2.05, 4.69) is 38.8 Å². The number of alkyl halides is 3. The van der Waals surface area contributed by atoms with Crippen LogP contribution in [0.4, 0.5) is 24.7 Å². The van der Waals surface area contributed by atoms with Crippen molar-refractivity contribution < 1.29 is 27.5 Å². The molecule has 2 aromatic carbocycles. The van der Waals surface area contributed by atoms with Crippen LogP contribution in [0.1, 0.15) is 39.6 Å². The van der Waals surface area contributed by atoms with E-state index >= 15 is 0 Å². The standard InChI is InChI=1S/C29H23ClF3N7O3/c1-3-24(41)39-9-8-19(14-39)40-27-25(26(34)35-15-36-27)23(38-40)7-4-16-10-17(12-20(11-16)43-2)28(42)37-18-5-6-22(30)21(13-18)29(31,32)33/h3,5-6,10-13,15,19H,1,8-9,14H2,2H3,(H,37,42)(H2,34,35,36). The number of rotatable bonds is 5. The first-order valence-electron chi connectivity index (χ1n) is 12.8. The maximum atomic E-state index is 13.3. The van der Waals surface area contributed by atoms with E-state index in [9.17, 15) is 22.8 Å². The number of carbonyl (C=O) groups excluding carboxylic acids is 2. The molecule has 220 valence electrons. The molecule has 1 aliphatic rings. The van der Waals surface area contributed by atoms with Gasteiger partial charge in [0.15, 0.2) is 5.65 Å². The molecule has 1 aliphatic heterocycles. The molecular formula is C29H23ClF3N7O3. The largest absolute Gasteiger partial charge is 0.497 e. The van der Waals surface area contributed by atoms with Gasteiger partial charge in [0.25, 0.3) is 5.91 Å². The number of carbonyl (C=O) groups is 2. The lowest BCUT2D eigenvalue weighted by Gasteiger charge is -2.14. The molecule has 43 heavy (non-hydrogen) atoms. The Labute approximate surface area is 248 Å². The van der Waals surface area contributed by atoms with Crippen molar-refractivity contribution in [2.45, 2.75) is 18.6 Å². The summed E-state index contributed by atoms with van der Waals surface area (Å²) in [5, 5.41) is 7.04. The van der Waals surface area contributed by atoms with Crippen molar-refractivity contribution in [3.05, 3.63) is 82.8 Å². The molecule has 0 aliphatic carbocycles. The first-order valence-corrected chi connectivity index (χ1v) is 13.2. The highest BCUT2D eigenvalue weighted by Crippen LogP contribution is 2.36. The quantitative estimate of drug-likeness (QED) is 0.248. The number of halogens is 4. The Hall–Kier alpha value is -5.09. The molecule has 1 saturated heterocycles. The summed E-state index contributed by atoms with van der Waals surface area (Å²) < 4.78 is 46.8. The fourth-order valence-electron chi connectivity index (χ4n) is 4.68. The molecule has 0 saturated carbocycles. The van der Waals surface area contributed by atoms with Gasteiger partial charge in [-0.1, -0.05) is 24.1 Å². The molecule has 2 amide bonds. The normalized spacial score (nSPS) is 14.7. The number of likely N-dealkylation sites (tertiary alicyclic amines) is 1. The van der Waals surface area contributed by atoms with Crippen molar-refractivity contribution >= 4 is 46.0 Å². The minimum Gasteiger partial charge on any atom is -0.497 e. The van der Waals surface area contributed by atoms with Gasteiger partial charge in [0.05, 0.1) is 29.1 Å². The minimum atomic E-state index is -4.69. The molecule has 2 aromatic heterocycles. The number of ether oxygens (including phenoxy) is 1. The predicted molar refractivity (Wildman–Crippen MR) is 154 cm³/mol. The van der Waals surface area contributed by atoms with Gasteiger partial charge in [-0.25, -0.2) is 14.6 Å². The molecule has 1 atom stereocenters. The fourth-order valence-corrected chi connectivity index (χ4v) is 4.91. The maximum absolute atomic E-state index is 13.3. The summed E-state index contributed by atoms with van der Waals surface area (Å²) in [7, 11) is 1.40. The highest BCUT2D eigenvalue weighted by Gasteiger charge is 2.33. The Bertz CT molecular complexity index is 1830. The van der Waals surface area contributed by atoms with Gasteiger partial charge in [0, 0.05) is 29.9 Å². The number of nitrogens with one attached hydrogen (secondary N) is 1. The zero-order valence-corrected chi connectivity index (χ0v) is 23.3. The number of aromatic nitrogens is 4. The number of methoxy groups -OCH3 is 1. The molecule has 4 aromatic rings. The number of nitrogens with zero attached hydrogens (tertiary/aromatic N) is 5. The zero-order chi connectivity index (χ0) is 30.9. The lowest BCUT2D eigenvalue weighted by Crippen LogP contribution is -2.27. The van der Waals surface area contributed by atoms with Crippen LogP contribution in [0.2, 0.25) is 5.02 Å². The Morgan fingerprint density at radius 1 is 1.21 bits per heavy atom. The summed E-state index contributed by atoms with van der Waals surface area (Å²) in [6.07, 6.45) is -1.47. The highest BCUT2D eigenvalue weighted by atomic mass is 35.5. The van der Waals surface area contributed by atoms with E-state index in [4.69, 9.17) is 22.1 Å². The van der Waals surface area contributed by atoms with E-state index in [1.54, 1.807) is 15.6 Å². The smallest absolute Gasteiger partial charge is 0.417 e. The fraction of sp³-hybridized carbons (Fsp3) is 0.207. The molecule has 3 heterocycles. The first-order chi connectivity index (χ1) is 20.5. The van der Waals surface area contributed by atoms with Gasteiger partial charge < -0.3 is 20.7 Å². The number of hydrogen-bond acceptors (Lipinski definition) is 7. The van der Waals surface area contributed by atoms with Gasteiger partial charge in [0.1, 0.15) is 23.6 Å². The van der Waals surface area contributed by atoms with Crippen LogP contribution in [-0.4, -0.2) is 56.7 Å².